The molecular weight excluding hydrogens is 1270 g/mol. The summed E-state index contributed by atoms with van der Waals surface area (Å²) in [7, 11) is 3.07. The number of epoxide rings is 1. The lowest BCUT2D eigenvalue weighted by Crippen LogP contribution is -2.53. The summed E-state index contributed by atoms with van der Waals surface area (Å²) in [6.45, 7) is 14.9. The number of anilines is 2. The number of nitrogens with zero attached hydrogens (tertiary/aromatic N) is 2. The van der Waals surface area contributed by atoms with Crippen molar-refractivity contribution in [1.29, 1.82) is 0 Å². The van der Waals surface area contributed by atoms with Crippen molar-refractivity contribution in [3.8, 4) is 0 Å². The van der Waals surface area contributed by atoms with Crippen molar-refractivity contribution in [2.24, 2.45) is 29.4 Å². The van der Waals surface area contributed by atoms with E-state index >= 15 is 0 Å². The molecule has 2 aromatic carbocycles. The van der Waals surface area contributed by atoms with Gasteiger partial charge in [-0.2, -0.15) is 0 Å². The van der Waals surface area contributed by atoms with E-state index in [1.54, 1.807) is 56.5 Å². The highest BCUT2D eigenvalue weighted by Gasteiger charge is 2.64. The van der Waals surface area contributed by atoms with Crippen LogP contribution in [-0.2, 0) is 65.3 Å². The molecule has 3 aromatic rings. The largest absolute Gasteiger partial charge is 0.462 e. The number of benzene rings is 2. The number of amides is 5. The Morgan fingerprint density at radius 3 is 2.43 bits per heavy atom. The van der Waals surface area contributed by atoms with Crippen molar-refractivity contribution >= 4 is 113 Å². The van der Waals surface area contributed by atoms with Gasteiger partial charge >= 0.3 is 24.1 Å². The fourth-order valence-corrected chi connectivity index (χ4v) is 13.2. The van der Waals surface area contributed by atoms with E-state index in [4.69, 9.17) is 46.0 Å². The zero-order valence-corrected chi connectivity index (χ0v) is 55.4. The van der Waals surface area contributed by atoms with E-state index in [1.165, 1.54) is 12.0 Å². The van der Waals surface area contributed by atoms with Crippen LogP contribution in [0.4, 0.5) is 21.0 Å². The van der Waals surface area contributed by atoms with Gasteiger partial charge in [0, 0.05) is 79.2 Å². The second kappa shape index (κ2) is 31.1. The molecule has 4 heterocycles. The molecule has 0 aliphatic carbocycles. The number of allylic oxidation sites excluding steroid dienone is 3. The van der Waals surface area contributed by atoms with Crippen LogP contribution in [0.2, 0.25) is 5.02 Å². The van der Waals surface area contributed by atoms with Crippen LogP contribution in [-0.4, -0.2) is 136 Å². The van der Waals surface area contributed by atoms with Crippen molar-refractivity contribution in [2.75, 3.05) is 41.6 Å². The van der Waals surface area contributed by atoms with Gasteiger partial charge in [-0.05, 0) is 121 Å². The molecule has 3 aliphatic rings. The maximum Gasteiger partial charge on any atom is 0.412 e. The van der Waals surface area contributed by atoms with Gasteiger partial charge in [0.15, 0.2) is 5.78 Å². The summed E-state index contributed by atoms with van der Waals surface area (Å²) in [5.74, 6) is -4.06. The zero-order valence-electron chi connectivity index (χ0n) is 51.4. The summed E-state index contributed by atoms with van der Waals surface area (Å²) in [4.78, 5) is 113. The molecule has 4 bridgehead atoms. The number of nitrogens with two attached hydrogens (primary N) is 1. The molecule has 0 saturated carbocycles. The Kier molecular flexibility index (Phi) is 25.1. The van der Waals surface area contributed by atoms with Crippen LogP contribution in [0.25, 0.3) is 10.9 Å². The molecule has 87 heavy (non-hydrogen) atoms. The van der Waals surface area contributed by atoms with Crippen LogP contribution >= 0.6 is 43.5 Å². The lowest BCUT2D eigenvalue weighted by atomic mass is 9.78. The molecule has 6 N–H and O–H groups in total. The summed E-state index contributed by atoms with van der Waals surface area (Å²) < 4.78 is 29.9. The molecule has 0 spiro atoms. The number of carbonyl (C=O) groups is 8. The van der Waals surface area contributed by atoms with Gasteiger partial charge < -0.3 is 50.1 Å². The summed E-state index contributed by atoms with van der Waals surface area (Å²) in [5.41, 5.74) is 5.97. The lowest BCUT2D eigenvalue weighted by Gasteiger charge is -2.41. The number of aliphatic hydroxyl groups is 1. The van der Waals surface area contributed by atoms with Crippen LogP contribution in [0.15, 0.2) is 66.3 Å². The van der Waals surface area contributed by atoms with Crippen LogP contribution in [0.3, 0.4) is 0 Å². The number of esters is 2. The summed E-state index contributed by atoms with van der Waals surface area (Å²) >= 11 is 13.6. The van der Waals surface area contributed by atoms with Gasteiger partial charge in [0.25, 0.3) is 0 Å². The zero-order chi connectivity index (χ0) is 64.1. The van der Waals surface area contributed by atoms with Gasteiger partial charge in [-0.1, -0.05) is 100 Å². The molecule has 3 aliphatic heterocycles. The summed E-state index contributed by atoms with van der Waals surface area (Å²) in [6.07, 6.45) is 3.07. The highest BCUT2D eigenvalue weighted by atomic mass is 79.9. The average Bonchev–Trinajstić information content (AvgIpc) is 1.59. The van der Waals surface area contributed by atoms with Crippen LogP contribution in [0, 0.1) is 30.6 Å². The van der Waals surface area contributed by atoms with Crippen LogP contribution < -0.4 is 26.6 Å². The third kappa shape index (κ3) is 19.4. The highest BCUT2D eigenvalue weighted by Crippen LogP contribution is 2.50. The maximum absolute atomic E-state index is 14.4. The van der Waals surface area contributed by atoms with Gasteiger partial charge in [0.2, 0.25) is 11.8 Å². The monoisotopic (exact) mass is 1350 g/mol. The first kappa shape index (κ1) is 70.3. The quantitative estimate of drug-likeness (QED) is 0.0183. The summed E-state index contributed by atoms with van der Waals surface area (Å²) in [6, 6.07) is 10.4. The molecule has 20 nitrogen and oxygen atoms in total. The van der Waals surface area contributed by atoms with E-state index in [0.717, 1.165) is 16.7 Å². The predicted molar refractivity (Wildman–Crippen MR) is 339 cm³/mol. The predicted octanol–water partition coefficient (Wildman–Crippen LogP) is 10.0. The lowest BCUT2D eigenvalue weighted by molar-refractivity contribution is -0.187. The topological polar surface area (TPSA) is 284 Å². The fraction of sp³-hybridized carbons (Fsp3) is 0.578. The van der Waals surface area contributed by atoms with E-state index < -0.39 is 89.0 Å². The molecule has 476 valence electrons. The number of aromatic nitrogens is 1. The number of hydrogen-bond donors (Lipinski definition) is 5. The number of urea groups is 1. The number of aryl methyl sites for hydroxylation is 1. The number of ether oxygens (including phenoxy) is 5. The highest BCUT2D eigenvalue weighted by molar-refractivity contribution is 9.09. The Hall–Kier alpha value is -5.78. The Morgan fingerprint density at radius 2 is 1.75 bits per heavy atom. The number of halogens is 3. The van der Waals surface area contributed by atoms with Crippen LogP contribution in [0.1, 0.15) is 129 Å². The van der Waals surface area contributed by atoms with E-state index in [0.29, 0.717) is 75.8 Å². The molecule has 2 saturated heterocycles. The molecule has 1 aromatic heterocycles. The Labute approximate surface area is 531 Å². The first-order valence-corrected chi connectivity index (χ1v) is 32.2. The van der Waals surface area contributed by atoms with Crippen molar-refractivity contribution in [1.82, 2.24) is 15.6 Å². The van der Waals surface area contributed by atoms with Gasteiger partial charge in [-0.25, -0.2) is 9.59 Å². The molecule has 2 fully saturated rings. The number of primary amides is 1. The van der Waals surface area contributed by atoms with E-state index in [1.807, 2.05) is 66.7 Å². The number of ketones is 2. The van der Waals surface area contributed by atoms with Crippen molar-refractivity contribution in [3.05, 3.63) is 88.1 Å². The molecule has 5 amide bonds. The minimum atomic E-state index is -1.62. The van der Waals surface area contributed by atoms with E-state index in [-0.39, 0.29) is 80.9 Å². The number of carbonyl (C=O) groups excluding carboxylic acids is 8. The third-order valence-electron chi connectivity index (χ3n) is 16.6. The number of Topliss-reactive ketones (excluding diaryl/α,β-unsaturated/α-hetero) is 2. The number of nitrogens with one attached hydrogen (secondary N) is 3. The SMILES string of the molecule is CO[C@@H]1/C=C/C=C(\C)Cc2cc(C)c(Cl)c(c2)N(C)C(=O)C[C@H](OC(=O)Nc2ccc3nc(CC(=O)[C@H](CCCNC(N)=O)NC(=O)[C@@H](CC(=O)CCCCC(C)(C)OC(=O)C(CBr)CBr)C(C)C)ccc3c2)[C@]2(C)O[C@H]2[C@H](C)[C@@H]2C[C@@]1(O)CC(=O)O2. The number of hydrogen-bond acceptors (Lipinski definition) is 15. The van der Waals surface area contributed by atoms with Crippen molar-refractivity contribution < 1.29 is 67.1 Å². The summed E-state index contributed by atoms with van der Waals surface area (Å²) in [5, 5.41) is 22.1. The Morgan fingerprint density at radius 1 is 1.02 bits per heavy atom. The van der Waals surface area contributed by atoms with Gasteiger partial charge in [-0.15, -0.1) is 0 Å². The number of unbranched alkanes of at least 4 members (excludes halogenated alkanes) is 1. The van der Waals surface area contributed by atoms with Crippen molar-refractivity contribution in [3.63, 3.8) is 0 Å². The number of methoxy groups -OCH3 is 1. The number of pyridine rings is 1. The third-order valence-corrected chi connectivity index (χ3v) is 18.7. The molecule has 6 rings (SSSR count). The second-order valence-electron chi connectivity index (χ2n) is 24.6. The molecule has 0 unspecified atom stereocenters. The molecular formula is C64H85Br2ClN6O14. The molecule has 23 heteroatoms. The molecule has 9 atom stereocenters. The van der Waals surface area contributed by atoms with Crippen molar-refractivity contribution in [2.45, 2.75) is 180 Å². The van der Waals surface area contributed by atoms with Crippen LogP contribution in [0.5, 0.6) is 0 Å². The molecule has 0 radical (unpaired) electrons. The Bertz CT molecular complexity index is 3080. The second-order valence-corrected chi connectivity index (χ2v) is 26.3. The van der Waals surface area contributed by atoms with Gasteiger partial charge in [-0.3, -0.25) is 39.1 Å². The first-order chi connectivity index (χ1) is 41.0. The maximum atomic E-state index is 14.4. The number of fused-ring (bicyclic) bond motifs is 6. The minimum Gasteiger partial charge on any atom is -0.462 e. The smallest absolute Gasteiger partial charge is 0.412 e. The standard InChI is InChI=1S/C64H85Br2ClN6O14/c1-36(2)46(30-45(74)16-11-12-23-62(6,7)87-59(79)42(34-65)35-66)58(78)72-48(17-14-24-69-60(68)80)50(75)29-44-20-19-41-28-43(21-22-47(41)70-44)71-61(81)85-53-31-54(76)73(9)49-27-40(26-38(4)56(49)67)25-37(3)15-13-18-52(83-10)64(82)32-51(84-55(77)33-64)39(5)57-63(53,8)86-57/h13,15,18-22,26-28,36,39,42,46,48,51-53,57,82H,11-12,14,16-17,23-25,29-35H2,1-10H3,(H,71,81)(H,72,78)(H3,68,69,80)/b18-13+,37-15+/t39-,46+,48+,51+,52-,53+,57+,63+,64-/m1/s1. The number of alkyl halides is 2. The van der Waals surface area contributed by atoms with E-state index in [9.17, 15) is 43.5 Å². The van der Waals surface area contributed by atoms with Gasteiger partial charge in [0.1, 0.15) is 40.9 Å². The number of rotatable bonds is 24. The minimum absolute atomic E-state index is 0.0230. The first-order valence-electron chi connectivity index (χ1n) is 29.6. The normalized spacial score (nSPS) is 24.2. The van der Waals surface area contributed by atoms with E-state index in [2.05, 4.69) is 47.8 Å². The Balaban J connectivity index is 1.15. The van der Waals surface area contributed by atoms with Gasteiger partial charge in [0.05, 0.1) is 53.6 Å². The fourth-order valence-electron chi connectivity index (χ4n) is 11.4. The average molecular weight is 1360 g/mol.